The number of phenols is 1. The summed E-state index contributed by atoms with van der Waals surface area (Å²) in [6, 6.07) is 7.39. The number of fused-ring (bicyclic) bond motifs is 1. The molecule has 6 heteroatoms. The van der Waals surface area contributed by atoms with E-state index in [4.69, 9.17) is 14.2 Å². The number of hydrogen-bond acceptors (Lipinski definition) is 5. The van der Waals surface area contributed by atoms with Gasteiger partial charge in [-0.15, -0.1) is 0 Å². The van der Waals surface area contributed by atoms with E-state index in [0.717, 1.165) is 22.3 Å². The lowest BCUT2D eigenvalue weighted by Gasteiger charge is -2.38. The highest BCUT2D eigenvalue weighted by molar-refractivity contribution is 5.77. The first-order valence-electron chi connectivity index (χ1n) is 11.3. The second kappa shape index (κ2) is 8.15. The summed E-state index contributed by atoms with van der Waals surface area (Å²) in [4.78, 5) is 11.6. The third-order valence-electron chi connectivity index (χ3n) is 6.19. The number of aryl methyl sites for hydroxylation is 2. The van der Waals surface area contributed by atoms with Crippen LogP contribution in [0.1, 0.15) is 77.1 Å². The van der Waals surface area contributed by atoms with Crippen LogP contribution in [0, 0.1) is 13.8 Å². The van der Waals surface area contributed by atoms with Crippen LogP contribution in [0.25, 0.3) is 0 Å². The summed E-state index contributed by atoms with van der Waals surface area (Å²) in [5, 5.41) is 19.6. The molecule has 1 heterocycles. The third kappa shape index (κ3) is 5.05. The molecule has 0 radical (unpaired) electrons. The number of carboxylic acids is 1. The van der Waals surface area contributed by atoms with Crippen LogP contribution >= 0.6 is 0 Å². The van der Waals surface area contributed by atoms with Crippen molar-refractivity contribution in [3.05, 3.63) is 46.5 Å². The van der Waals surface area contributed by atoms with E-state index < -0.39 is 17.9 Å². The lowest BCUT2D eigenvalue weighted by atomic mass is 9.78. The van der Waals surface area contributed by atoms with E-state index in [1.165, 1.54) is 13.8 Å². The molecule has 0 fully saturated rings. The van der Waals surface area contributed by atoms with Gasteiger partial charge in [-0.2, -0.15) is 0 Å². The average molecular weight is 457 g/mol. The van der Waals surface area contributed by atoms with Crippen LogP contribution in [0.15, 0.2) is 24.3 Å². The van der Waals surface area contributed by atoms with Crippen molar-refractivity contribution in [2.45, 2.75) is 91.5 Å². The Bertz CT molecular complexity index is 1070. The first-order valence-corrected chi connectivity index (χ1v) is 11.3. The van der Waals surface area contributed by atoms with Crippen LogP contribution in [-0.2, 0) is 15.6 Å². The molecule has 3 rings (SSSR count). The molecule has 0 aromatic heterocycles. The van der Waals surface area contributed by atoms with E-state index in [-0.39, 0.29) is 16.6 Å². The molecule has 1 atom stereocenters. The summed E-state index contributed by atoms with van der Waals surface area (Å²) < 4.78 is 18.5. The minimum Gasteiger partial charge on any atom is -0.508 e. The van der Waals surface area contributed by atoms with Crippen molar-refractivity contribution < 1.29 is 29.2 Å². The predicted octanol–water partition coefficient (Wildman–Crippen LogP) is 6.01. The van der Waals surface area contributed by atoms with Crippen LogP contribution in [0.3, 0.4) is 0 Å². The van der Waals surface area contributed by atoms with Gasteiger partial charge in [0, 0.05) is 23.0 Å². The Morgan fingerprint density at radius 1 is 1.03 bits per heavy atom. The van der Waals surface area contributed by atoms with Crippen LogP contribution in [0.4, 0.5) is 0 Å². The zero-order chi connectivity index (χ0) is 24.9. The fourth-order valence-electron chi connectivity index (χ4n) is 3.99. The molecular formula is C27H36O6. The smallest absolute Gasteiger partial charge is 0.347 e. The lowest BCUT2D eigenvalue weighted by molar-refractivity contribution is -0.152. The summed E-state index contributed by atoms with van der Waals surface area (Å²) >= 11 is 0. The molecule has 0 bridgehead atoms. The molecule has 1 aliphatic rings. The number of aromatic hydroxyl groups is 1. The molecule has 33 heavy (non-hydrogen) atoms. The molecule has 2 N–H and O–H groups in total. The monoisotopic (exact) mass is 456 g/mol. The molecule has 1 aliphatic heterocycles. The van der Waals surface area contributed by atoms with Crippen molar-refractivity contribution in [3.8, 4) is 23.0 Å². The van der Waals surface area contributed by atoms with Crippen LogP contribution in [0.5, 0.6) is 23.0 Å². The number of benzene rings is 2. The number of hydrogen-bond donors (Lipinski definition) is 2. The van der Waals surface area contributed by atoms with Crippen molar-refractivity contribution in [1.29, 1.82) is 0 Å². The largest absolute Gasteiger partial charge is 0.508 e. The van der Waals surface area contributed by atoms with E-state index in [1.807, 2.05) is 32.0 Å². The highest BCUT2D eigenvalue weighted by Crippen LogP contribution is 2.45. The van der Waals surface area contributed by atoms with Gasteiger partial charge in [0.05, 0.1) is 0 Å². The van der Waals surface area contributed by atoms with Gasteiger partial charge in [-0.25, -0.2) is 4.79 Å². The minimum absolute atomic E-state index is 0.255. The van der Waals surface area contributed by atoms with E-state index >= 15 is 0 Å². The van der Waals surface area contributed by atoms with Crippen LogP contribution < -0.4 is 14.2 Å². The molecule has 0 saturated heterocycles. The van der Waals surface area contributed by atoms with E-state index in [2.05, 4.69) is 34.6 Å². The number of rotatable bonds is 5. The molecular weight excluding hydrogens is 420 g/mol. The maximum Gasteiger partial charge on any atom is 0.347 e. The second-order valence-corrected chi connectivity index (χ2v) is 11.2. The van der Waals surface area contributed by atoms with Crippen molar-refractivity contribution in [3.63, 3.8) is 0 Å². The highest BCUT2D eigenvalue weighted by Gasteiger charge is 2.37. The molecule has 180 valence electrons. The molecule has 0 amide bonds. The highest BCUT2D eigenvalue weighted by atomic mass is 16.7. The Kier molecular flexibility index (Phi) is 6.12. The third-order valence-corrected chi connectivity index (χ3v) is 6.19. The Hall–Kier alpha value is -2.89. The number of phenolic OH excluding ortho intramolecular Hbond substituents is 1. The second-order valence-electron chi connectivity index (χ2n) is 11.2. The van der Waals surface area contributed by atoms with E-state index in [1.54, 1.807) is 6.07 Å². The lowest BCUT2D eigenvalue weighted by Crippen LogP contribution is -2.39. The van der Waals surface area contributed by atoms with Gasteiger partial charge in [-0.1, -0.05) is 34.6 Å². The van der Waals surface area contributed by atoms with Crippen molar-refractivity contribution in [1.82, 2.24) is 0 Å². The standard InChI is InChI=1S/C27H36O6/c1-15-10-22-18(12-19(15)28)26(6,7)14-23(32-22)31-21-11-16(2)20(13-17(21)25(3,4)5)33-27(8,9)24(29)30/h10-13,23,28H,14H2,1-9H3,(H,29,30). The predicted molar refractivity (Wildman–Crippen MR) is 128 cm³/mol. The van der Waals surface area contributed by atoms with Crippen molar-refractivity contribution in [2.24, 2.45) is 0 Å². The zero-order valence-corrected chi connectivity index (χ0v) is 21.1. The normalized spacial score (nSPS) is 17.7. The molecule has 2 aromatic rings. The Labute approximate surface area is 196 Å². The van der Waals surface area contributed by atoms with Crippen LogP contribution in [-0.4, -0.2) is 28.1 Å². The number of carboxylic acid groups (broad SMARTS) is 1. The molecule has 0 saturated carbocycles. The fraction of sp³-hybridized carbons (Fsp3) is 0.519. The van der Waals surface area contributed by atoms with Gasteiger partial charge in [0.15, 0.2) is 5.60 Å². The summed E-state index contributed by atoms with van der Waals surface area (Å²) in [6.07, 6.45) is 0.0919. The van der Waals surface area contributed by atoms with Crippen molar-refractivity contribution in [2.75, 3.05) is 0 Å². The quantitative estimate of drug-likeness (QED) is 0.573. The summed E-state index contributed by atoms with van der Waals surface area (Å²) in [7, 11) is 0. The summed E-state index contributed by atoms with van der Waals surface area (Å²) in [5.74, 6) is 1.14. The first kappa shape index (κ1) is 24.7. The van der Waals surface area contributed by atoms with Crippen LogP contribution in [0.2, 0.25) is 0 Å². The maximum atomic E-state index is 11.6. The van der Waals surface area contributed by atoms with Gasteiger partial charge in [0.1, 0.15) is 23.0 Å². The molecule has 1 unspecified atom stereocenters. The minimum atomic E-state index is -1.36. The van der Waals surface area contributed by atoms with Gasteiger partial charge in [-0.05, 0) is 68.5 Å². The Balaban J connectivity index is 1.99. The van der Waals surface area contributed by atoms with Gasteiger partial charge < -0.3 is 24.4 Å². The SMILES string of the molecule is Cc1cc2c(cc1O)C(C)(C)CC(Oc1cc(C)c(OC(C)(C)C(=O)O)cc1C(C)(C)C)O2. The van der Waals surface area contributed by atoms with E-state index in [0.29, 0.717) is 23.7 Å². The molecule has 2 aromatic carbocycles. The number of carbonyl (C=O) groups is 1. The first-order chi connectivity index (χ1) is 15.0. The number of aliphatic carboxylic acids is 1. The molecule has 0 spiro atoms. The fourth-order valence-corrected chi connectivity index (χ4v) is 3.99. The maximum absolute atomic E-state index is 11.6. The Morgan fingerprint density at radius 3 is 2.24 bits per heavy atom. The van der Waals surface area contributed by atoms with Gasteiger partial charge >= 0.3 is 5.97 Å². The molecule has 0 aliphatic carbocycles. The zero-order valence-electron chi connectivity index (χ0n) is 21.1. The summed E-state index contributed by atoms with van der Waals surface area (Å²) in [6.45, 7) is 17.2. The Morgan fingerprint density at radius 2 is 1.67 bits per heavy atom. The topological polar surface area (TPSA) is 85.2 Å². The van der Waals surface area contributed by atoms with E-state index in [9.17, 15) is 15.0 Å². The number of ether oxygens (including phenoxy) is 3. The van der Waals surface area contributed by atoms with Gasteiger partial charge in [0.2, 0.25) is 6.29 Å². The summed E-state index contributed by atoms with van der Waals surface area (Å²) in [5.41, 5.74) is 1.50. The molecule has 6 nitrogen and oxygen atoms in total. The average Bonchev–Trinajstić information content (AvgIpc) is 2.64. The van der Waals surface area contributed by atoms with Gasteiger partial charge in [-0.3, -0.25) is 0 Å². The van der Waals surface area contributed by atoms with Crippen molar-refractivity contribution >= 4 is 5.97 Å². The van der Waals surface area contributed by atoms with Gasteiger partial charge in [0.25, 0.3) is 0 Å².